The summed E-state index contributed by atoms with van der Waals surface area (Å²) < 4.78 is 0. The molecule has 1 nitrogen and oxygen atoms in total. The van der Waals surface area contributed by atoms with Gasteiger partial charge >= 0.3 is 0 Å². The molecule has 53 valence electrons. The Hall–Kier alpha value is -0.820. The first-order valence-corrected chi connectivity index (χ1v) is 3.51. The Labute approximate surface area is 61.9 Å². The minimum Gasteiger partial charge on any atom is -0.320 e. The van der Waals surface area contributed by atoms with Crippen molar-refractivity contribution in [2.24, 2.45) is 5.73 Å². The summed E-state index contributed by atoms with van der Waals surface area (Å²) >= 11 is 0. The third-order valence-corrected chi connectivity index (χ3v) is 1.53. The van der Waals surface area contributed by atoms with Crippen LogP contribution in [0.15, 0.2) is 30.3 Å². The molecular formula is C9H12N. The van der Waals surface area contributed by atoms with Crippen molar-refractivity contribution >= 4 is 0 Å². The van der Waals surface area contributed by atoms with E-state index in [0.717, 1.165) is 18.0 Å². The van der Waals surface area contributed by atoms with Crippen LogP contribution in [0.4, 0.5) is 0 Å². The molecule has 0 fully saturated rings. The summed E-state index contributed by atoms with van der Waals surface area (Å²) in [6.45, 7) is 2.06. The molecule has 0 unspecified atom stereocenters. The Bertz CT molecular complexity index is 181. The lowest BCUT2D eigenvalue weighted by Gasteiger charge is -2.05. The van der Waals surface area contributed by atoms with Gasteiger partial charge in [0, 0.05) is 0 Å². The topological polar surface area (TPSA) is 26.0 Å². The fourth-order valence-corrected chi connectivity index (χ4v) is 0.856. The smallest absolute Gasteiger partial charge is 0.0631 e. The van der Waals surface area contributed by atoms with Crippen LogP contribution in [0.3, 0.4) is 0 Å². The van der Waals surface area contributed by atoms with E-state index in [1.54, 1.807) is 0 Å². The second kappa shape index (κ2) is 3.37. The minimum atomic E-state index is 0.921. The third kappa shape index (κ3) is 1.58. The molecule has 0 heterocycles. The van der Waals surface area contributed by atoms with Crippen molar-refractivity contribution in [1.29, 1.82) is 0 Å². The lowest BCUT2D eigenvalue weighted by molar-refractivity contribution is 0.925. The number of nitrogens with two attached hydrogens (primary N) is 1. The predicted molar refractivity (Wildman–Crippen MR) is 43.3 cm³/mol. The van der Waals surface area contributed by atoms with Crippen LogP contribution < -0.4 is 5.73 Å². The van der Waals surface area contributed by atoms with Crippen LogP contribution in [0.5, 0.6) is 0 Å². The molecule has 0 atom stereocenters. The molecule has 1 rings (SSSR count). The Morgan fingerprint density at radius 3 is 2.40 bits per heavy atom. The molecule has 0 aliphatic carbocycles. The van der Waals surface area contributed by atoms with Crippen LogP contribution in [0.25, 0.3) is 0 Å². The monoisotopic (exact) mass is 134 g/mol. The molecule has 0 spiro atoms. The summed E-state index contributed by atoms with van der Waals surface area (Å²) in [4.78, 5) is 0. The summed E-state index contributed by atoms with van der Waals surface area (Å²) in [6.07, 6.45) is 0.921. The highest BCUT2D eigenvalue weighted by Crippen LogP contribution is 2.10. The first kappa shape index (κ1) is 7.29. The molecule has 2 N–H and O–H groups in total. The van der Waals surface area contributed by atoms with Crippen LogP contribution >= 0.6 is 0 Å². The lowest BCUT2D eigenvalue weighted by Crippen LogP contribution is -2.08. The molecule has 10 heavy (non-hydrogen) atoms. The standard InChI is InChI=1S/C9H12N/c1-2-9(10)8-6-4-3-5-7-8/h3-7H,2,10H2,1H3. The first-order chi connectivity index (χ1) is 4.84. The van der Waals surface area contributed by atoms with Crippen LogP contribution in [0, 0.1) is 6.04 Å². The third-order valence-electron chi connectivity index (χ3n) is 1.53. The molecule has 0 aromatic heterocycles. The van der Waals surface area contributed by atoms with Gasteiger partial charge < -0.3 is 5.73 Å². The van der Waals surface area contributed by atoms with Crippen molar-refractivity contribution in [3.63, 3.8) is 0 Å². The van der Waals surface area contributed by atoms with Gasteiger partial charge in [-0.25, -0.2) is 0 Å². The van der Waals surface area contributed by atoms with Crippen molar-refractivity contribution in [2.75, 3.05) is 0 Å². The number of benzene rings is 1. The maximum atomic E-state index is 5.71. The van der Waals surface area contributed by atoms with Crippen LogP contribution in [0.1, 0.15) is 18.9 Å². The molecule has 1 radical (unpaired) electrons. The van der Waals surface area contributed by atoms with E-state index in [4.69, 9.17) is 5.73 Å². The molecule has 0 saturated carbocycles. The van der Waals surface area contributed by atoms with Gasteiger partial charge in [-0.05, 0) is 12.0 Å². The zero-order valence-corrected chi connectivity index (χ0v) is 6.17. The quantitative estimate of drug-likeness (QED) is 0.657. The van der Waals surface area contributed by atoms with E-state index in [0.29, 0.717) is 0 Å². The van der Waals surface area contributed by atoms with Gasteiger partial charge in [0.15, 0.2) is 0 Å². The van der Waals surface area contributed by atoms with E-state index in [1.165, 1.54) is 0 Å². The van der Waals surface area contributed by atoms with Crippen molar-refractivity contribution in [3.05, 3.63) is 41.9 Å². The van der Waals surface area contributed by atoms with Crippen LogP contribution in [-0.4, -0.2) is 0 Å². The highest BCUT2D eigenvalue weighted by molar-refractivity contribution is 5.27. The highest BCUT2D eigenvalue weighted by Gasteiger charge is 2.00. The average Bonchev–Trinajstić information content (AvgIpc) is 2.05. The molecular weight excluding hydrogens is 122 g/mol. The number of rotatable bonds is 2. The van der Waals surface area contributed by atoms with E-state index in [2.05, 4.69) is 6.92 Å². The second-order valence-corrected chi connectivity index (χ2v) is 2.24. The highest BCUT2D eigenvalue weighted by atomic mass is 14.6. The average molecular weight is 134 g/mol. The molecule has 0 aliphatic heterocycles. The zero-order chi connectivity index (χ0) is 7.40. The van der Waals surface area contributed by atoms with E-state index in [1.807, 2.05) is 30.3 Å². The Morgan fingerprint density at radius 2 is 1.90 bits per heavy atom. The molecule has 1 aromatic rings. The normalized spacial score (nSPS) is 10.3. The predicted octanol–water partition coefficient (Wildman–Crippen LogP) is 1.94. The summed E-state index contributed by atoms with van der Waals surface area (Å²) in [5.74, 6) is 0. The molecule has 0 amide bonds. The largest absolute Gasteiger partial charge is 0.320 e. The van der Waals surface area contributed by atoms with Gasteiger partial charge in [0.1, 0.15) is 0 Å². The Morgan fingerprint density at radius 1 is 1.30 bits per heavy atom. The van der Waals surface area contributed by atoms with Gasteiger partial charge in [-0.3, -0.25) is 0 Å². The molecule has 1 aromatic carbocycles. The SMILES string of the molecule is CC[C](N)c1ccccc1. The molecule has 0 bridgehead atoms. The van der Waals surface area contributed by atoms with Crippen LogP contribution in [-0.2, 0) is 0 Å². The van der Waals surface area contributed by atoms with E-state index >= 15 is 0 Å². The van der Waals surface area contributed by atoms with Gasteiger partial charge in [-0.1, -0.05) is 37.3 Å². The minimum absolute atomic E-state index is 0.921. The Kier molecular flexibility index (Phi) is 2.46. The molecule has 0 aliphatic rings. The van der Waals surface area contributed by atoms with Crippen molar-refractivity contribution in [3.8, 4) is 0 Å². The number of hydrogen-bond donors (Lipinski definition) is 1. The van der Waals surface area contributed by atoms with Gasteiger partial charge in [0.2, 0.25) is 0 Å². The van der Waals surface area contributed by atoms with Crippen molar-refractivity contribution in [1.82, 2.24) is 0 Å². The zero-order valence-electron chi connectivity index (χ0n) is 6.17. The van der Waals surface area contributed by atoms with E-state index < -0.39 is 0 Å². The summed E-state index contributed by atoms with van der Waals surface area (Å²) in [5, 5.41) is 0. The molecule has 1 heteroatoms. The van der Waals surface area contributed by atoms with Crippen molar-refractivity contribution < 1.29 is 0 Å². The summed E-state index contributed by atoms with van der Waals surface area (Å²) in [7, 11) is 0. The Balaban J connectivity index is 2.75. The van der Waals surface area contributed by atoms with Gasteiger partial charge in [-0.15, -0.1) is 0 Å². The van der Waals surface area contributed by atoms with Gasteiger partial charge in [0.25, 0.3) is 0 Å². The lowest BCUT2D eigenvalue weighted by atomic mass is 10.1. The van der Waals surface area contributed by atoms with Gasteiger partial charge in [-0.2, -0.15) is 0 Å². The van der Waals surface area contributed by atoms with E-state index in [9.17, 15) is 0 Å². The van der Waals surface area contributed by atoms with Gasteiger partial charge in [0.05, 0.1) is 6.04 Å². The summed E-state index contributed by atoms with van der Waals surface area (Å²) in [6, 6.07) is 11.0. The van der Waals surface area contributed by atoms with E-state index in [-0.39, 0.29) is 0 Å². The molecule has 0 saturated heterocycles. The first-order valence-electron chi connectivity index (χ1n) is 3.51. The fourth-order valence-electron chi connectivity index (χ4n) is 0.856. The maximum absolute atomic E-state index is 5.71. The number of hydrogen-bond acceptors (Lipinski definition) is 1. The second-order valence-electron chi connectivity index (χ2n) is 2.24. The maximum Gasteiger partial charge on any atom is 0.0631 e. The van der Waals surface area contributed by atoms with Crippen molar-refractivity contribution in [2.45, 2.75) is 13.3 Å². The van der Waals surface area contributed by atoms with Crippen LogP contribution in [0.2, 0.25) is 0 Å². The fraction of sp³-hybridized carbons (Fsp3) is 0.222. The summed E-state index contributed by atoms with van der Waals surface area (Å²) in [5.41, 5.74) is 6.85.